The minimum Gasteiger partial charge on any atom is -0.376 e. The second kappa shape index (κ2) is 4.24. The molecule has 2 rings (SSSR count). The fraction of sp³-hybridized carbons (Fsp3) is 0.364. The lowest BCUT2D eigenvalue weighted by molar-refractivity contribution is 0.102. The second-order valence-electron chi connectivity index (χ2n) is 3.34. The van der Waals surface area contributed by atoms with Crippen LogP contribution in [0.4, 0.5) is 0 Å². The standard InChI is InChI=1S/C11H11BrO2/c12-6-11(13)9-1-2-10-7-14-4-3-8(10)5-9/h1-2,5H,3-4,6-7H2. The SMILES string of the molecule is O=C(CBr)c1ccc2c(c1)CCOC2. The van der Waals surface area contributed by atoms with Crippen LogP contribution >= 0.6 is 15.9 Å². The van der Waals surface area contributed by atoms with Crippen molar-refractivity contribution in [2.75, 3.05) is 11.9 Å². The largest absolute Gasteiger partial charge is 0.376 e. The highest BCUT2D eigenvalue weighted by Crippen LogP contribution is 2.18. The lowest BCUT2D eigenvalue weighted by Crippen LogP contribution is -2.11. The summed E-state index contributed by atoms with van der Waals surface area (Å²) in [6.45, 7) is 1.44. The minimum atomic E-state index is 0.138. The Balaban J connectivity index is 2.33. The summed E-state index contributed by atoms with van der Waals surface area (Å²) in [5, 5.41) is 0.391. The predicted molar refractivity (Wildman–Crippen MR) is 57.9 cm³/mol. The fourth-order valence-corrected chi connectivity index (χ4v) is 1.94. The van der Waals surface area contributed by atoms with Gasteiger partial charge in [0.1, 0.15) is 0 Å². The Morgan fingerprint density at radius 3 is 3.07 bits per heavy atom. The Morgan fingerprint density at radius 1 is 1.43 bits per heavy atom. The number of rotatable bonds is 2. The molecular formula is C11H11BrO2. The molecule has 2 nitrogen and oxygen atoms in total. The van der Waals surface area contributed by atoms with Crippen LogP contribution in [0.1, 0.15) is 21.5 Å². The van der Waals surface area contributed by atoms with Crippen LogP contribution in [0.5, 0.6) is 0 Å². The van der Waals surface area contributed by atoms with E-state index < -0.39 is 0 Å². The molecule has 3 heteroatoms. The minimum absolute atomic E-state index is 0.138. The van der Waals surface area contributed by atoms with E-state index in [1.807, 2.05) is 18.2 Å². The smallest absolute Gasteiger partial charge is 0.173 e. The van der Waals surface area contributed by atoms with E-state index in [9.17, 15) is 4.79 Å². The van der Waals surface area contributed by atoms with Crippen molar-refractivity contribution in [3.63, 3.8) is 0 Å². The van der Waals surface area contributed by atoms with Gasteiger partial charge in [0.25, 0.3) is 0 Å². The first-order chi connectivity index (χ1) is 6.81. The van der Waals surface area contributed by atoms with E-state index in [1.165, 1.54) is 11.1 Å². The van der Waals surface area contributed by atoms with Gasteiger partial charge in [0, 0.05) is 5.56 Å². The van der Waals surface area contributed by atoms with E-state index in [0.29, 0.717) is 11.9 Å². The zero-order valence-electron chi connectivity index (χ0n) is 7.75. The lowest BCUT2D eigenvalue weighted by Gasteiger charge is -2.16. The molecule has 0 N–H and O–H groups in total. The van der Waals surface area contributed by atoms with Crippen LogP contribution in [-0.2, 0) is 17.8 Å². The number of Topliss-reactive ketones (excluding diaryl/α,β-unsaturated/α-hetero) is 1. The number of ether oxygens (including phenoxy) is 1. The number of fused-ring (bicyclic) bond motifs is 1. The molecule has 0 bridgehead atoms. The molecule has 1 aliphatic heterocycles. The third-order valence-electron chi connectivity index (χ3n) is 2.42. The molecule has 1 aliphatic rings. The highest BCUT2D eigenvalue weighted by molar-refractivity contribution is 9.09. The van der Waals surface area contributed by atoms with Crippen molar-refractivity contribution in [1.29, 1.82) is 0 Å². The van der Waals surface area contributed by atoms with Gasteiger partial charge >= 0.3 is 0 Å². The molecule has 0 unspecified atom stereocenters. The quantitative estimate of drug-likeness (QED) is 0.599. The first-order valence-electron chi connectivity index (χ1n) is 4.60. The van der Waals surface area contributed by atoms with Crippen molar-refractivity contribution in [2.45, 2.75) is 13.0 Å². The summed E-state index contributed by atoms with van der Waals surface area (Å²) in [6, 6.07) is 5.85. The van der Waals surface area contributed by atoms with Gasteiger partial charge in [-0.2, -0.15) is 0 Å². The molecule has 74 valence electrons. The first-order valence-corrected chi connectivity index (χ1v) is 5.72. The number of carbonyl (C=O) groups excluding carboxylic acids is 1. The lowest BCUT2D eigenvalue weighted by atomic mass is 9.99. The van der Waals surface area contributed by atoms with Crippen LogP contribution in [0.25, 0.3) is 0 Å². The van der Waals surface area contributed by atoms with E-state index in [0.717, 1.165) is 18.6 Å². The molecule has 0 saturated carbocycles. The Hall–Kier alpha value is -0.670. The molecule has 1 aromatic rings. The molecule has 0 aliphatic carbocycles. The molecule has 0 spiro atoms. The van der Waals surface area contributed by atoms with E-state index >= 15 is 0 Å². The third kappa shape index (κ3) is 1.88. The highest BCUT2D eigenvalue weighted by Gasteiger charge is 2.12. The molecule has 0 atom stereocenters. The van der Waals surface area contributed by atoms with Gasteiger partial charge in [-0.25, -0.2) is 0 Å². The number of benzene rings is 1. The van der Waals surface area contributed by atoms with Gasteiger partial charge in [0.15, 0.2) is 5.78 Å². The van der Waals surface area contributed by atoms with Crippen LogP contribution < -0.4 is 0 Å². The Bertz CT molecular complexity index is 360. The second-order valence-corrected chi connectivity index (χ2v) is 3.90. The Morgan fingerprint density at radius 2 is 2.29 bits per heavy atom. The number of hydrogen-bond donors (Lipinski definition) is 0. The molecule has 0 radical (unpaired) electrons. The van der Waals surface area contributed by atoms with E-state index in [2.05, 4.69) is 15.9 Å². The maximum absolute atomic E-state index is 11.4. The Kier molecular flexibility index (Phi) is 2.99. The van der Waals surface area contributed by atoms with E-state index in [1.54, 1.807) is 0 Å². The summed E-state index contributed by atoms with van der Waals surface area (Å²) in [4.78, 5) is 11.4. The van der Waals surface area contributed by atoms with Crippen molar-refractivity contribution in [1.82, 2.24) is 0 Å². The van der Waals surface area contributed by atoms with Gasteiger partial charge in [-0.15, -0.1) is 0 Å². The van der Waals surface area contributed by atoms with Crippen molar-refractivity contribution < 1.29 is 9.53 Å². The van der Waals surface area contributed by atoms with Crippen molar-refractivity contribution >= 4 is 21.7 Å². The molecule has 1 heterocycles. The number of halogens is 1. The highest BCUT2D eigenvalue weighted by atomic mass is 79.9. The van der Waals surface area contributed by atoms with Gasteiger partial charge in [-0.3, -0.25) is 4.79 Å². The number of carbonyl (C=O) groups is 1. The van der Waals surface area contributed by atoms with Crippen LogP contribution in [-0.4, -0.2) is 17.7 Å². The predicted octanol–water partition coefficient (Wildman–Crippen LogP) is 2.34. The number of alkyl halides is 1. The summed E-state index contributed by atoms with van der Waals surface area (Å²) in [5.41, 5.74) is 3.26. The van der Waals surface area contributed by atoms with Gasteiger partial charge < -0.3 is 4.74 Å². The van der Waals surface area contributed by atoms with E-state index in [-0.39, 0.29) is 5.78 Å². The maximum Gasteiger partial charge on any atom is 0.173 e. The van der Waals surface area contributed by atoms with Crippen molar-refractivity contribution in [2.24, 2.45) is 0 Å². The van der Waals surface area contributed by atoms with Crippen LogP contribution in [0.3, 0.4) is 0 Å². The number of ketones is 1. The van der Waals surface area contributed by atoms with Crippen LogP contribution in [0.15, 0.2) is 18.2 Å². The van der Waals surface area contributed by atoms with Gasteiger partial charge in [-0.05, 0) is 23.6 Å². The summed E-state index contributed by atoms with van der Waals surface area (Å²) < 4.78 is 5.33. The average molecular weight is 255 g/mol. The van der Waals surface area contributed by atoms with Crippen LogP contribution in [0, 0.1) is 0 Å². The summed E-state index contributed by atoms with van der Waals surface area (Å²) in [5.74, 6) is 0.138. The average Bonchev–Trinajstić information content (AvgIpc) is 2.27. The molecule has 0 amide bonds. The van der Waals surface area contributed by atoms with Gasteiger partial charge in [0.2, 0.25) is 0 Å². The molecule has 0 aromatic heterocycles. The first kappa shape index (κ1) is 9.87. The van der Waals surface area contributed by atoms with Crippen LogP contribution in [0.2, 0.25) is 0 Å². The zero-order valence-corrected chi connectivity index (χ0v) is 9.34. The number of hydrogen-bond acceptors (Lipinski definition) is 2. The molecule has 1 aromatic carbocycles. The molecule has 0 fully saturated rings. The normalized spacial score (nSPS) is 14.9. The van der Waals surface area contributed by atoms with E-state index in [4.69, 9.17) is 4.74 Å². The maximum atomic E-state index is 11.4. The summed E-state index contributed by atoms with van der Waals surface area (Å²) in [7, 11) is 0. The van der Waals surface area contributed by atoms with Gasteiger partial charge in [0.05, 0.1) is 18.5 Å². The fourth-order valence-electron chi connectivity index (χ4n) is 1.61. The monoisotopic (exact) mass is 254 g/mol. The molecular weight excluding hydrogens is 244 g/mol. The van der Waals surface area contributed by atoms with Crippen molar-refractivity contribution in [3.8, 4) is 0 Å². The summed E-state index contributed by atoms with van der Waals surface area (Å²) >= 11 is 3.17. The summed E-state index contributed by atoms with van der Waals surface area (Å²) in [6.07, 6.45) is 0.915. The topological polar surface area (TPSA) is 26.3 Å². The zero-order chi connectivity index (χ0) is 9.97. The van der Waals surface area contributed by atoms with Gasteiger partial charge in [-0.1, -0.05) is 28.1 Å². The van der Waals surface area contributed by atoms with Crippen molar-refractivity contribution in [3.05, 3.63) is 34.9 Å². The molecule has 14 heavy (non-hydrogen) atoms. The Labute approximate surface area is 91.4 Å². The third-order valence-corrected chi connectivity index (χ3v) is 2.93. The molecule has 0 saturated heterocycles.